The van der Waals surface area contributed by atoms with Gasteiger partial charge in [0.25, 0.3) is 0 Å². The first-order valence-electron chi connectivity index (χ1n) is 6.90. The summed E-state index contributed by atoms with van der Waals surface area (Å²) in [7, 11) is -1.40. The van der Waals surface area contributed by atoms with E-state index in [2.05, 4.69) is 5.32 Å². The second-order valence-corrected chi connectivity index (χ2v) is 7.46. The van der Waals surface area contributed by atoms with Gasteiger partial charge in [0.15, 0.2) is 9.84 Å². The summed E-state index contributed by atoms with van der Waals surface area (Å²) < 4.78 is 28.6. The van der Waals surface area contributed by atoms with E-state index in [4.69, 9.17) is 4.74 Å². The van der Waals surface area contributed by atoms with Gasteiger partial charge in [-0.3, -0.25) is 0 Å². The summed E-state index contributed by atoms with van der Waals surface area (Å²) >= 11 is 0. The summed E-state index contributed by atoms with van der Waals surface area (Å²) in [6.45, 7) is 5.15. The highest BCUT2D eigenvalue weighted by Crippen LogP contribution is 2.22. The molecule has 0 radical (unpaired) electrons. The van der Waals surface area contributed by atoms with Crippen molar-refractivity contribution in [3.63, 3.8) is 0 Å². The summed E-state index contributed by atoms with van der Waals surface area (Å²) in [6, 6.07) is 7.90. The number of hydrogen-bond donors (Lipinski definition) is 1. The van der Waals surface area contributed by atoms with E-state index in [9.17, 15) is 8.42 Å². The number of rotatable bonds is 8. The summed E-state index contributed by atoms with van der Waals surface area (Å²) in [4.78, 5) is 0. The van der Waals surface area contributed by atoms with E-state index in [1.54, 1.807) is 14.0 Å². The lowest BCUT2D eigenvalue weighted by Gasteiger charge is -2.24. The number of ether oxygens (including phenoxy) is 1. The lowest BCUT2D eigenvalue weighted by Crippen LogP contribution is -2.34. The third kappa shape index (κ3) is 4.89. The molecule has 5 heteroatoms. The van der Waals surface area contributed by atoms with E-state index < -0.39 is 15.1 Å². The van der Waals surface area contributed by atoms with Crippen LogP contribution < -0.4 is 5.32 Å². The number of benzene rings is 1. The molecule has 20 heavy (non-hydrogen) atoms. The lowest BCUT2D eigenvalue weighted by molar-refractivity contribution is 0.202. The Bertz CT molecular complexity index is 496. The largest absolute Gasteiger partial charge is 0.384 e. The molecular weight excluding hydrogens is 274 g/mol. The molecule has 0 aliphatic heterocycles. The Kier molecular flexibility index (Phi) is 6.65. The fraction of sp³-hybridized carbons (Fsp3) is 0.600. The minimum atomic E-state index is -3.08. The normalized spacial score (nSPS) is 15.0. The summed E-state index contributed by atoms with van der Waals surface area (Å²) in [6.07, 6.45) is 2.15. The van der Waals surface area contributed by atoms with E-state index in [-0.39, 0.29) is 6.04 Å². The van der Waals surface area contributed by atoms with E-state index in [0.717, 1.165) is 18.5 Å². The summed E-state index contributed by atoms with van der Waals surface area (Å²) in [5.74, 6) is 0. The third-order valence-electron chi connectivity index (χ3n) is 3.50. The Morgan fingerprint density at radius 1 is 1.25 bits per heavy atom. The van der Waals surface area contributed by atoms with Crippen molar-refractivity contribution < 1.29 is 13.2 Å². The summed E-state index contributed by atoms with van der Waals surface area (Å²) in [5, 5.41) is 2.81. The zero-order chi connectivity index (χ0) is 15.2. The molecule has 0 aliphatic carbocycles. The van der Waals surface area contributed by atoms with Crippen LogP contribution in [0.15, 0.2) is 24.3 Å². The van der Waals surface area contributed by atoms with Gasteiger partial charge in [-0.15, -0.1) is 0 Å². The molecular formula is C15H25NO3S. The second kappa shape index (κ2) is 7.76. The van der Waals surface area contributed by atoms with Crippen LogP contribution in [0, 0.1) is 0 Å². The fourth-order valence-electron chi connectivity index (χ4n) is 2.13. The van der Waals surface area contributed by atoms with Crippen molar-refractivity contribution in [3.8, 4) is 0 Å². The molecule has 2 atom stereocenters. The monoisotopic (exact) mass is 299 g/mol. The van der Waals surface area contributed by atoms with Crippen molar-refractivity contribution in [2.24, 2.45) is 0 Å². The molecule has 0 bridgehead atoms. The number of methoxy groups -OCH3 is 1. The minimum Gasteiger partial charge on any atom is -0.384 e. The SMILES string of the molecule is CCNC(c1ccc(CCOC)cc1)C(C)S(C)(=O)=O. The molecule has 1 N–H and O–H groups in total. The van der Waals surface area contributed by atoms with Gasteiger partial charge in [-0.1, -0.05) is 31.2 Å². The van der Waals surface area contributed by atoms with E-state index in [1.807, 2.05) is 31.2 Å². The molecule has 0 amide bonds. The average Bonchev–Trinajstić information content (AvgIpc) is 2.41. The predicted molar refractivity (Wildman–Crippen MR) is 82.7 cm³/mol. The number of sulfone groups is 1. The Morgan fingerprint density at radius 2 is 1.85 bits per heavy atom. The molecule has 0 spiro atoms. The van der Waals surface area contributed by atoms with Crippen molar-refractivity contribution in [1.82, 2.24) is 5.32 Å². The van der Waals surface area contributed by atoms with Gasteiger partial charge >= 0.3 is 0 Å². The topological polar surface area (TPSA) is 55.4 Å². The third-order valence-corrected chi connectivity index (χ3v) is 5.13. The van der Waals surface area contributed by atoms with Crippen molar-refractivity contribution in [1.29, 1.82) is 0 Å². The highest BCUT2D eigenvalue weighted by atomic mass is 32.2. The Labute approximate surface area is 122 Å². The van der Waals surface area contributed by atoms with Gasteiger partial charge in [0, 0.05) is 19.4 Å². The quantitative estimate of drug-likeness (QED) is 0.797. The molecule has 0 aliphatic rings. The zero-order valence-corrected chi connectivity index (χ0v) is 13.5. The Hall–Kier alpha value is -0.910. The first kappa shape index (κ1) is 17.1. The maximum atomic E-state index is 11.8. The molecule has 1 aromatic carbocycles. The Balaban J connectivity index is 2.92. The maximum Gasteiger partial charge on any atom is 0.151 e. The lowest BCUT2D eigenvalue weighted by atomic mass is 10.0. The van der Waals surface area contributed by atoms with Gasteiger partial charge in [-0.25, -0.2) is 8.42 Å². The summed E-state index contributed by atoms with van der Waals surface area (Å²) in [5.41, 5.74) is 2.20. The van der Waals surface area contributed by atoms with Crippen LogP contribution in [-0.2, 0) is 21.0 Å². The van der Waals surface area contributed by atoms with Crippen LogP contribution in [0.2, 0.25) is 0 Å². The Morgan fingerprint density at radius 3 is 2.30 bits per heavy atom. The van der Waals surface area contributed by atoms with Gasteiger partial charge in [0.05, 0.1) is 11.9 Å². The molecule has 2 unspecified atom stereocenters. The van der Waals surface area contributed by atoms with Crippen molar-refractivity contribution in [3.05, 3.63) is 35.4 Å². The molecule has 0 heterocycles. The van der Waals surface area contributed by atoms with Gasteiger partial charge < -0.3 is 10.1 Å². The smallest absolute Gasteiger partial charge is 0.151 e. The highest BCUT2D eigenvalue weighted by Gasteiger charge is 2.26. The number of hydrogen-bond acceptors (Lipinski definition) is 4. The van der Waals surface area contributed by atoms with Crippen molar-refractivity contribution >= 4 is 9.84 Å². The van der Waals surface area contributed by atoms with Crippen LogP contribution in [0.4, 0.5) is 0 Å². The van der Waals surface area contributed by atoms with Crippen LogP contribution in [0.25, 0.3) is 0 Å². The predicted octanol–water partition coefficient (Wildman–Crippen LogP) is 1.96. The van der Waals surface area contributed by atoms with Gasteiger partial charge in [0.1, 0.15) is 0 Å². The minimum absolute atomic E-state index is 0.175. The van der Waals surface area contributed by atoms with Crippen LogP contribution >= 0.6 is 0 Å². The molecule has 0 saturated carbocycles. The fourth-order valence-corrected chi connectivity index (χ4v) is 2.88. The molecule has 0 aromatic heterocycles. The van der Waals surface area contributed by atoms with Crippen molar-refractivity contribution in [2.75, 3.05) is 26.5 Å². The van der Waals surface area contributed by atoms with Crippen molar-refractivity contribution in [2.45, 2.75) is 31.6 Å². The van der Waals surface area contributed by atoms with Crippen LogP contribution in [0.3, 0.4) is 0 Å². The van der Waals surface area contributed by atoms with E-state index in [0.29, 0.717) is 6.61 Å². The molecule has 1 rings (SSSR count). The molecule has 114 valence electrons. The standard InChI is InChI=1S/C15H25NO3S/c1-5-16-15(12(2)20(4,17)18)14-8-6-13(7-9-14)10-11-19-3/h6-9,12,15-16H,5,10-11H2,1-4H3. The van der Waals surface area contributed by atoms with E-state index >= 15 is 0 Å². The first-order valence-corrected chi connectivity index (χ1v) is 8.85. The molecule has 0 fully saturated rings. The maximum absolute atomic E-state index is 11.8. The molecule has 0 saturated heterocycles. The average molecular weight is 299 g/mol. The second-order valence-electron chi connectivity index (χ2n) is 5.05. The van der Waals surface area contributed by atoms with Gasteiger partial charge in [-0.2, -0.15) is 0 Å². The molecule has 4 nitrogen and oxygen atoms in total. The highest BCUT2D eigenvalue weighted by molar-refractivity contribution is 7.91. The van der Waals surface area contributed by atoms with Crippen LogP contribution in [0.5, 0.6) is 0 Å². The van der Waals surface area contributed by atoms with Gasteiger partial charge in [0.2, 0.25) is 0 Å². The molecule has 1 aromatic rings. The van der Waals surface area contributed by atoms with Crippen LogP contribution in [-0.4, -0.2) is 40.2 Å². The zero-order valence-electron chi connectivity index (χ0n) is 12.7. The van der Waals surface area contributed by atoms with E-state index in [1.165, 1.54) is 11.8 Å². The van der Waals surface area contributed by atoms with Crippen LogP contribution in [0.1, 0.15) is 31.0 Å². The first-order chi connectivity index (χ1) is 9.40. The van der Waals surface area contributed by atoms with Gasteiger partial charge in [-0.05, 0) is 31.0 Å². The number of nitrogens with one attached hydrogen (secondary N) is 1.